The second-order valence-electron chi connectivity index (χ2n) is 10.3. The van der Waals surface area contributed by atoms with E-state index in [4.69, 9.17) is 23.2 Å². The molecule has 3 aromatic carbocycles. The second kappa shape index (κ2) is 12.5. The molecule has 0 aliphatic carbocycles. The Morgan fingerprint density at radius 3 is 1.83 bits per heavy atom. The van der Waals surface area contributed by atoms with Gasteiger partial charge in [0.25, 0.3) is 0 Å². The Morgan fingerprint density at radius 2 is 1.35 bits per heavy atom. The van der Waals surface area contributed by atoms with Crippen molar-refractivity contribution in [1.29, 1.82) is 0 Å². The summed E-state index contributed by atoms with van der Waals surface area (Å²) in [4.78, 5) is 0. The Hall–Kier alpha value is -3.08. The summed E-state index contributed by atoms with van der Waals surface area (Å²) in [7, 11) is -11.7. The first-order chi connectivity index (χ1) is 21.4. The molecule has 2 aliphatic rings. The van der Waals surface area contributed by atoms with E-state index in [0.717, 1.165) is 17.2 Å². The van der Waals surface area contributed by atoms with Gasteiger partial charge in [0.2, 0.25) is 0 Å². The lowest BCUT2D eigenvalue weighted by Crippen LogP contribution is -2.43. The summed E-state index contributed by atoms with van der Waals surface area (Å²) >= 11 is 12.2. The van der Waals surface area contributed by atoms with Crippen LogP contribution in [-0.2, 0) is 24.3 Å². The van der Waals surface area contributed by atoms with Crippen molar-refractivity contribution in [3.63, 3.8) is 0 Å². The molecule has 0 spiro atoms. The van der Waals surface area contributed by atoms with Crippen molar-refractivity contribution < 1.29 is 47.4 Å². The lowest BCUT2D eigenvalue weighted by molar-refractivity contribution is -0.0554. The molecule has 0 saturated carbocycles. The molecule has 0 bridgehead atoms. The van der Waals surface area contributed by atoms with Crippen LogP contribution in [-0.4, -0.2) is 51.5 Å². The molecule has 1 atom stereocenters. The van der Waals surface area contributed by atoms with E-state index in [9.17, 15) is 43.2 Å². The molecule has 7 nitrogen and oxygen atoms in total. The van der Waals surface area contributed by atoms with E-state index in [1.165, 1.54) is 12.1 Å². The number of anilines is 1. The van der Waals surface area contributed by atoms with Gasteiger partial charge in [0.1, 0.15) is 0 Å². The fourth-order valence-corrected chi connectivity index (χ4v) is 6.83. The lowest BCUT2D eigenvalue weighted by Gasteiger charge is -2.32. The Morgan fingerprint density at radius 1 is 0.804 bits per heavy atom. The van der Waals surface area contributed by atoms with Crippen LogP contribution in [0.2, 0.25) is 10.0 Å². The van der Waals surface area contributed by atoms with Gasteiger partial charge in [-0.1, -0.05) is 59.6 Å². The summed E-state index contributed by atoms with van der Waals surface area (Å²) in [6, 6.07) is 18.9. The third kappa shape index (κ3) is 6.94. The molecule has 0 fully saturated rings. The molecule has 0 radical (unpaired) electrons. The Balaban J connectivity index is 1.61. The van der Waals surface area contributed by atoms with Crippen LogP contribution in [0.3, 0.4) is 0 Å². The average molecular weight is 728 g/mol. The highest BCUT2D eigenvalue weighted by atomic mass is 35.5. The van der Waals surface area contributed by atoms with E-state index >= 15 is 0 Å². The number of halogens is 8. The minimum atomic E-state index is -6.06. The summed E-state index contributed by atoms with van der Waals surface area (Å²) in [5, 5.41) is 3.59. The van der Waals surface area contributed by atoms with Gasteiger partial charge in [-0.25, -0.2) is 12.6 Å². The maximum absolute atomic E-state index is 13.2. The zero-order chi connectivity index (χ0) is 33.7. The number of nitrogens with zero attached hydrogens (tertiary/aromatic N) is 1. The molecule has 2 heterocycles. The topological polar surface area (TPSA) is 92.8 Å². The molecular formula is C29H22Cl2F6N2O5S2. The molecule has 5 rings (SSSR count). The molecular weight excluding hydrogens is 705 g/mol. The van der Waals surface area contributed by atoms with Crippen LogP contribution in [0, 0.1) is 0 Å². The molecule has 17 heteroatoms. The first-order valence-electron chi connectivity index (χ1n) is 13.3. The fourth-order valence-electron chi connectivity index (χ4n) is 5.20. The minimum absolute atomic E-state index is 0.160. The van der Waals surface area contributed by atoms with Crippen molar-refractivity contribution >= 4 is 54.6 Å². The monoisotopic (exact) mass is 726 g/mol. The highest BCUT2D eigenvalue weighted by Crippen LogP contribution is 2.42. The molecule has 2 aliphatic heterocycles. The third-order valence-electron chi connectivity index (χ3n) is 7.35. The van der Waals surface area contributed by atoms with E-state index in [0.29, 0.717) is 21.2 Å². The summed E-state index contributed by atoms with van der Waals surface area (Å²) in [5.74, 6) is -0.423. The number of benzene rings is 3. The van der Waals surface area contributed by atoms with E-state index in [2.05, 4.69) is 9.50 Å². The highest BCUT2D eigenvalue weighted by molar-refractivity contribution is 7.90. The Bertz CT molecular complexity index is 1870. The summed E-state index contributed by atoms with van der Waals surface area (Å²) < 4.78 is 131. The van der Waals surface area contributed by atoms with Crippen LogP contribution >= 0.6 is 23.2 Å². The van der Waals surface area contributed by atoms with Crippen molar-refractivity contribution in [2.75, 3.05) is 18.4 Å². The van der Waals surface area contributed by atoms with E-state index in [-0.39, 0.29) is 27.6 Å². The standard InChI is InChI=1S/C29H22Cl2F6N2O5S2/c30-21-6-1-18(2-7-21)27(19-3-8-22(31)9-4-19)20-5-10-25-24(15-20)23(16-26(38-25)44-46(42,43)29(35,36)37)17-11-13-39(14-12-17)45(40,41)28(32,33)34/h1-11,15-16,26-27,38H,12-14H2. The number of hydrogen-bond acceptors (Lipinski definition) is 6. The van der Waals surface area contributed by atoms with Gasteiger partial charge in [-0.2, -0.15) is 39.1 Å². The molecule has 246 valence electrons. The Kier molecular flexibility index (Phi) is 9.31. The molecule has 46 heavy (non-hydrogen) atoms. The maximum atomic E-state index is 13.2. The summed E-state index contributed by atoms with van der Waals surface area (Å²) in [6.07, 6.45) is 0.155. The van der Waals surface area contributed by atoms with Gasteiger partial charge < -0.3 is 5.32 Å². The first kappa shape index (κ1) is 34.3. The zero-order valence-electron chi connectivity index (χ0n) is 23.1. The number of sulfonamides is 1. The van der Waals surface area contributed by atoms with Crippen LogP contribution in [0.25, 0.3) is 5.57 Å². The lowest BCUT2D eigenvalue weighted by atomic mass is 9.82. The van der Waals surface area contributed by atoms with Crippen LogP contribution in [0.5, 0.6) is 0 Å². The van der Waals surface area contributed by atoms with Gasteiger partial charge >= 0.3 is 31.2 Å². The molecule has 0 saturated heterocycles. The van der Waals surface area contributed by atoms with Crippen molar-refractivity contribution in [2.45, 2.75) is 29.6 Å². The second-order valence-corrected chi connectivity index (χ2v) is 14.6. The van der Waals surface area contributed by atoms with Gasteiger partial charge in [-0.15, -0.1) is 0 Å². The van der Waals surface area contributed by atoms with Crippen molar-refractivity contribution in [3.05, 3.63) is 117 Å². The van der Waals surface area contributed by atoms with E-state index in [1.807, 2.05) is 0 Å². The number of nitrogens with one attached hydrogen (secondary N) is 1. The van der Waals surface area contributed by atoms with Crippen LogP contribution in [0.1, 0.15) is 34.6 Å². The summed E-state index contributed by atoms with van der Waals surface area (Å²) in [6.45, 7) is -1.26. The van der Waals surface area contributed by atoms with Crippen molar-refractivity contribution in [1.82, 2.24) is 4.31 Å². The van der Waals surface area contributed by atoms with Crippen molar-refractivity contribution in [3.8, 4) is 0 Å². The minimum Gasteiger partial charge on any atom is -0.355 e. The molecule has 0 amide bonds. The van der Waals surface area contributed by atoms with Gasteiger partial charge in [0, 0.05) is 40.3 Å². The zero-order valence-corrected chi connectivity index (χ0v) is 26.3. The molecule has 1 N–H and O–H groups in total. The van der Waals surface area contributed by atoms with E-state index in [1.54, 1.807) is 60.7 Å². The van der Waals surface area contributed by atoms with Crippen LogP contribution in [0.15, 0.2) is 84.5 Å². The number of alkyl halides is 6. The number of rotatable bonds is 7. The molecule has 0 aromatic heterocycles. The highest BCUT2D eigenvalue weighted by Gasteiger charge is 2.51. The first-order valence-corrected chi connectivity index (χ1v) is 16.9. The normalized spacial score (nSPS) is 18.1. The predicted molar refractivity (Wildman–Crippen MR) is 161 cm³/mol. The van der Waals surface area contributed by atoms with E-state index < -0.39 is 56.4 Å². The maximum Gasteiger partial charge on any atom is 0.523 e. The predicted octanol–water partition coefficient (Wildman–Crippen LogP) is 7.66. The molecule has 3 aromatic rings. The molecule has 1 unspecified atom stereocenters. The number of hydrogen-bond donors (Lipinski definition) is 1. The van der Waals surface area contributed by atoms with Gasteiger partial charge in [-0.3, -0.25) is 0 Å². The van der Waals surface area contributed by atoms with Gasteiger partial charge in [0.15, 0.2) is 6.23 Å². The quantitative estimate of drug-likeness (QED) is 0.116. The van der Waals surface area contributed by atoms with Gasteiger partial charge in [-0.05, 0) is 76.7 Å². The number of allylic oxidation sites excluding steroid dienone is 1. The smallest absolute Gasteiger partial charge is 0.355 e. The SMILES string of the molecule is O=S(=O)(OC1C=C(C2=CCN(S(=O)(=O)C(F)(F)F)CC2)c2cc(C(c3ccc(Cl)cc3)c3ccc(Cl)cc3)ccc2N1)C(F)(F)F. The Labute approximate surface area is 270 Å². The average Bonchev–Trinajstić information content (AvgIpc) is 2.97. The third-order valence-corrected chi connectivity index (χ3v) is 10.5. The van der Waals surface area contributed by atoms with Gasteiger partial charge in [0.05, 0.1) is 0 Å². The van der Waals surface area contributed by atoms with Crippen LogP contribution < -0.4 is 5.32 Å². The number of fused-ring (bicyclic) bond motifs is 1. The largest absolute Gasteiger partial charge is 0.523 e. The van der Waals surface area contributed by atoms with Crippen LogP contribution in [0.4, 0.5) is 32.0 Å². The fraction of sp³-hybridized carbons (Fsp3) is 0.241. The van der Waals surface area contributed by atoms with Crippen molar-refractivity contribution in [2.24, 2.45) is 0 Å². The summed E-state index contributed by atoms with van der Waals surface area (Å²) in [5.41, 5.74) is -7.99.